The monoisotopic (exact) mass is 781 g/mol. The van der Waals surface area contributed by atoms with Gasteiger partial charge in [-0.05, 0) is 97.8 Å². The minimum atomic E-state index is -3.81. The van der Waals surface area contributed by atoms with Crippen LogP contribution in [-0.4, -0.2) is 48.8 Å². The van der Waals surface area contributed by atoms with Crippen molar-refractivity contribution < 1.29 is 18.0 Å². The molecule has 0 bridgehead atoms. The van der Waals surface area contributed by atoms with E-state index in [-0.39, 0.29) is 35.0 Å². The van der Waals surface area contributed by atoms with Gasteiger partial charge >= 0.3 is 0 Å². The van der Waals surface area contributed by atoms with Gasteiger partial charge < -0.3 is 10.2 Å². The van der Waals surface area contributed by atoms with Crippen molar-refractivity contribution in [3.63, 3.8) is 0 Å². The second-order valence-corrected chi connectivity index (χ2v) is 17.3. The van der Waals surface area contributed by atoms with Crippen LogP contribution in [0.3, 0.4) is 0 Å². The number of carbonyl (C=O) groups excluding carboxylic acids is 2. The number of nitrogens with zero attached hydrogens (tertiary/aromatic N) is 2. The molecule has 0 saturated carbocycles. The van der Waals surface area contributed by atoms with Gasteiger partial charge in [0.15, 0.2) is 11.6 Å². The Kier molecular flexibility index (Phi) is 12.7. The highest BCUT2D eigenvalue weighted by Gasteiger charge is 2.45. The van der Waals surface area contributed by atoms with Crippen molar-refractivity contribution in [1.82, 2.24) is 14.5 Å². The molecule has 0 aliphatic heterocycles. The highest BCUT2D eigenvalue weighted by molar-refractivity contribution is 7.89. The molecule has 0 saturated heterocycles. The van der Waals surface area contributed by atoms with E-state index in [1.54, 1.807) is 22.5 Å². The first kappa shape index (κ1) is 40.5. The predicted molar refractivity (Wildman–Crippen MR) is 228 cm³/mol. The number of carbonyl (C=O) groups is 2. The van der Waals surface area contributed by atoms with E-state index >= 15 is 0 Å². The number of benzene rings is 5. The summed E-state index contributed by atoms with van der Waals surface area (Å²) in [6.07, 6.45) is 4.60. The van der Waals surface area contributed by atoms with Crippen molar-refractivity contribution in [2.24, 2.45) is 0 Å². The maximum atomic E-state index is 14.0. The number of hydrogen-bond acceptors (Lipinski definition) is 6. The van der Waals surface area contributed by atoms with E-state index in [0.29, 0.717) is 18.0 Å². The van der Waals surface area contributed by atoms with Gasteiger partial charge in [-0.2, -0.15) is 4.31 Å². The molecule has 4 unspecified atom stereocenters. The number of sulfonamides is 1. The molecule has 4 aliphatic rings. The molecular weight excluding hydrogens is 727 g/mol. The summed E-state index contributed by atoms with van der Waals surface area (Å²) in [5.74, 6) is 0.273. The van der Waals surface area contributed by atoms with E-state index < -0.39 is 16.1 Å². The number of nitrogens with one attached hydrogen (secondary N) is 1. The highest BCUT2D eigenvalue weighted by Crippen LogP contribution is 2.47. The molecule has 0 spiro atoms. The maximum Gasteiger partial charge on any atom is 0.244 e. The topological polar surface area (TPSA) is 86.8 Å². The fraction of sp³-hybridized carbons (Fsp3) is 0.347. The molecule has 8 heteroatoms. The number of hydrogen-bond donors (Lipinski definition) is 1. The first-order chi connectivity index (χ1) is 27.6. The van der Waals surface area contributed by atoms with Crippen molar-refractivity contribution in [3.05, 3.63) is 171 Å². The SMILES string of the molecule is CCN(CC)CC.Cc1ccc(S(=O)(=O)N(C2CCc3ccccc32)C2CC(=O)c3ccccc32)cc1.O=C1CC(NC2CCc3ccccc32)c2ccccc21. The third kappa shape index (κ3) is 8.46. The zero-order valence-electron chi connectivity index (χ0n) is 33.7. The average Bonchev–Trinajstić information content (AvgIpc) is 4.01. The van der Waals surface area contributed by atoms with Crippen LogP contribution in [0.15, 0.2) is 126 Å². The Bertz CT molecular complexity index is 2310. The zero-order valence-corrected chi connectivity index (χ0v) is 34.5. The van der Waals surface area contributed by atoms with Gasteiger partial charge in [0.05, 0.1) is 17.0 Å². The fourth-order valence-electron chi connectivity index (χ4n) is 9.10. The predicted octanol–water partition coefficient (Wildman–Crippen LogP) is 9.94. The molecular formula is C49H55N3O4S. The van der Waals surface area contributed by atoms with Gasteiger partial charge in [0.1, 0.15) is 0 Å². The van der Waals surface area contributed by atoms with E-state index in [2.05, 4.69) is 67.4 Å². The molecule has 0 radical (unpaired) electrons. The lowest BCUT2D eigenvalue weighted by molar-refractivity contribution is 0.0965. The summed E-state index contributed by atoms with van der Waals surface area (Å²) in [5.41, 5.74) is 9.60. The third-order valence-electron chi connectivity index (χ3n) is 12.2. The highest BCUT2D eigenvalue weighted by atomic mass is 32.2. The smallest absolute Gasteiger partial charge is 0.244 e. The summed E-state index contributed by atoms with van der Waals surface area (Å²) >= 11 is 0. The Hall–Kier alpha value is -4.73. The van der Waals surface area contributed by atoms with E-state index in [1.165, 1.54) is 41.9 Å². The van der Waals surface area contributed by atoms with Gasteiger partial charge in [0.25, 0.3) is 0 Å². The van der Waals surface area contributed by atoms with Gasteiger partial charge in [-0.3, -0.25) is 9.59 Å². The van der Waals surface area contributed by atoms with Gasteiger partial charge in [0, 0.05) is 36.1 Å². The summed E-state index contributed by atoms with van der Waals surface area (Å²) in [6, 6.07) is 38.9. The van der Waals surface area contributed by atoms with Crippen molar-refractivity contribution in [2.75, 3.05) is 19.6 Å². The molecule has 5 aromatic rings. The van der Waals surface area contributed by atoms with E-state index in [9.17, 15) is 18.0 Å². The third-order valence-corrected chi connectivity index (χ3v) is 14.1. The molecule has 9 rings (SSSR count). The lowest BCUT2D eigenvalue weighted by Gasteiger charge is -2.34. The Morgan fingerprint density at radius 1 is 0.561 bits per heavy atom. The molecule has 4 aliphatic carbocycles. The van der Waals surface area contributed by atoms with Crippen LogP contribution in [0.1, 0.15) is 130 Å². The fourth-order valence-corrected chi connectivity index (χ4v) is 10.9. The Balaban J connectivity index is 0.000000158. The van der Waals surface area contributed by atoms with Gasteiger partial charge in [-0.15, -0.1) is 0 Å². The van der Waals surface area contributed by atoms with Crippen molar-refractivity contribution in [2.45, 2.75) is 95.3 Å². The number of rotatable bonds is 9. The van der Waals surface area contributed by atoms with Crippen LogP contribution in [0.5, 0.6) is 0 Å². The number of aryl methyl sites for hydroxylation is 3. The molecule has 57 heavy (non-hydrogen) atoms. The minimum absolute atomic E-state index is 0.00554. The zero-order chi connectivity index (χ0) is 40.1. The molecule has 296 valence electrons. The Labute approximate surface area is 339 Å². The first-order valence-corrected chi connectivity index (χ1v) is 22.1. The largest absolute Gasteiger partial charge is 0.304 e. The molecule has 5 aromatic carbocycles. The second-order valence-electron chi connectivity index (χ2n) is 15.5. The average molecular weight is 782 g/mol. The number of Topliss-reactive ketones (excluding diaryl/α,β-unsaturated/α-hetero) is 2. The molecule has 0 aromatic heterocycles. The molecule has 0 amide bonds. The van der Waals surface area contributed by atoms with Crippen LogP contribution >= 0.6 is 0 Å². The van der Waals surface area contributed by atoms with Crippen LogP contribution in [-0.2, 0) is 22.9 Å². The maximum absolute atomic E-state index is 14.0. The summed E-state index contributed by atoms with van der Waals surface area (Å²) in [6.45, 7) is 12.1. The quantitative estimate of drug-likeness (QED) is 0.160. The summed E-state index contributed by atoms with van der Waals surface area (Å²) in [4.78, 5) is 27.4. The Morgan fingerprint density at radius 2 is 1.07 bits per heavy atom. The molecule has 7 nitrogen and oxygen atoms in total. The van der Waals surface area contributed by atoms with Crippen LogP contribution in [0.2, 0.25) is 0 Å². The lowest BCUT2D eigenvalue weighted by Crippen LogP contribution is -2.37. The number of ketones is 2. The van der Waals surface area contributed by atoms with E-state index in [1.807, 2.05) is 73.7 Å². The lowest BCUT2D eigenvalue weighted by atomic mass is 10.0. The van der Waals surface area contributed by atoms with Gasteiger partial charge in [-0.25, -0.2) is 8.42 Å². The normalized spacial score (nSPS) is 20.3. The van der Waals surface area contributed by atoms with E-state index in [4.69, 9.17) is 0 Å². The van der Waals surface area contributed by atoms with E-state index in [0.717, 1.165) is 47.9 Å². The van der Waals surface area contributed by atoms with Crippen LogP contribution in [0, 0.1) is 6.92 Å². The standard InChI is InChI=1S/C25H23NO3S.C18H17NO.C6H15N/c1-17-10-13-19(14-11-17)30(28,29)26(23-15-12-18-6-2-3-7-20(18)23)24-16-25(27)22-9-5-4-8-21(22)24;20-18-11-17(14-7-3-4-8-15(14)18)19-16-10-9-12-5-1-2-6-13(12)16;1-4-7(5-2)6-3/h2-11,13-14,23-24H,12,15-16H2,1H3;1-8,16-17,19H,9-11H2;4-6H2,1-3H3. The van der Waals surface area contributed by atoms with Crippen molar-refractivity contribution in [1.29, 1.82) is 0 Å². The summed E-state index contributed by atoms with van der Waals surface area (Å²) in [7, 11) is -3.81. The minimum Gasteiger partial charge on any atom is -0.304 e. The summed E-state index contributed by atoms with van der Waals surface area (Å²) < 4.78 is 29.5. The second kappa shape index (κ2) is 17.8. The molecule has 4 atom stereocenters. The molecule has 1 N–H and O–H groups in total. The van der Waals surface area contributed by atoms with Crippen molar-refractivity contribution >= 4 is 21.6 Å². The van der Waals surface area contributed by atoms with Crippen molar-refractivity contribution in [3.8, 4) is 0 Å². The number of fused-ring (bicyclic) bond motifs is 4. The van der Waals surface area contributed by atoms with Crippen LogP contribution in [0.25, 0.3) is 0 Å². The van der Waals surface area contributed by atoms with Crippen LogP contribution < -0.4 is 5.32 Å². The molecule has 0 heterocycles. The Morgan fingerprint density at radius 3 is 1.70 bits per heavy atom. The first-order valence-electron chi connectivity index (χ1n) is 20.6. The molecule has 0 fully saturated rings. The van der Waals surface area contributed by atoms with Crippen LogP contribution in [0.4, 0.5) is 0 Å². The summed E-state index contributed by atoms with van der Waals surface area (Å²) in [5, 5.41) is 3.70. The van der Waals surface area contributed by atoms with Gasteiger partial charge in [0.2, 0.25) is 10.0 Å². The van der Waals surface area contributed by atoms with Gasteiger partial charge in [-0.1, -0.05) is 136 Å².